The lowest BCUT2D eigenvalue weighted by Gasteiger charge is -2.32. The Hall–Kier alpha value is -2.58. The highest BCUT2D eigenvalue weighted by Gasteiger charge is 2.31. The molecule has 0 unspecified atom stereocenters. The van der Waals surface area contributed by atoms with Crippen molar-refractivity contribution in [3.8, 4) is 0 Å². The zero-order valence-electron chi connectivity index (χ0n) is 20.6. The van der Waals surface area contributed by atoms with Gasteiger partial charge < -0.3 is 10.2 Å². The van der Waals surface area contributed by atoms with E-state index in [1.807, 2.05) is 32.9 Å². The highest BCUT2D eigenvalue weighted by molar-refractivity contribution is 7.92. The third-order valence-corrected chi connectivity index (χ3v) is 7.27. The Kier molecular flexibility index (Phi) is 9.53. The van der Waals surface area contributed by atoms with Gasteiger partial charge in [-0.15, -0.1) is 0 Å². The van der Waals surface area contributed by atoms with Crippen LogP contribution in [0.4, 0.5) is 5.69 Å². The molecule has 2 amide bonds. The van der Waals surface area contributed by atoms with Gasteiger partial charge in [0.25, 0.3) is 0 Å². The Labute approximate surface area is 208 Å². The monoisotopic (exact) mass is 507 g/mol. The molecule has 0 aliphatic heterocycles. The van der Waals surface area contributed by atoms with Crippen molar-refractivity contribution in [2.45, 2.75) is 59.7 Å². The van der Waals surface area contributed by atoms with Gasteiger partial charge in [-0.05, 0) is 62.9 Å². The van der Waals surface area contributed by atoms with Gasteiger partial charge in [-0.3, -0.25) is 13.9 Å². The molecule has 34 heavy (non-hydrogen) atoms. The quantitative estimate of drug-likeness (QED) is 0.525. The van der Waals surface area contributed by atoms with Gasteiger partial charge in [0.05, 0.1) is 11.9 Å². The second kappa shape index (κ2) is 11.7. The number of nitrogens with zero attached hydrogens (tertiary/aromatic N) is 2. The molecule has 0 saturated heterocycles. The van der Waals surface area contributed by atoms with Crippen LogP contribution in [-0.4, -0.2) is 50.0 Å². The fourth-order valence-electron chi connectivity index (χ4n) is 3.44. The lowest BCUT2D eigenvalue weighted by atomic mass is 10.1. The number of halogens is 1. The maximum atomic E-state index is 13.6. The molecule has 0 bridgehead atoms. The van der Waals surface area contributed by atoms with Crippen LogP contribution in [0.15, 0.2) is 42.5 Å². The lowest BCUT2D eigenvalue weighted by molar-refractivity contribution is -0.139. The summed E-state index contributed by atoms with van der Waals surface area (Å²) in [5.41, 5.74) is 2.70. The standard InChI is InChI=1S/C25H34ClN3O4S/c1-7-19(4)27-25(31)20(5)28(15-21-10-8-9-11-22(21)26)24(30)16-29(34(6,32)33)23-14-17(2)12-13-18(23)3/h8-14,19-20H,7,15-16H2,1-6H3,(H,27,31)/t19-,20-/m0/s1. The lowest BCUT2D eigenvalue weighted by Crippen LogP contribution is -2.52. The molecule has 186 valence electrons. The average molecular weight is 508 g/mol. The van der Waals surface area contributed by atoms with Crippen molar-refractivity contribution in [2.75, 3.05) is 17.1 Å². The van der Waals surface area contributed by atoms with Gasteiger partial charge in [0, 0.05) is 17.6 Å². The SMILES string of the molecule is CC[C@H](C)NC(=O)[C@H](C)N(Cc1ccccc1Cl)C(=O)CN(c1cc(C)ccc1C)S(C)(=O)=O. The van der Waals surface area contributed by atoms with Crippen molar-refractivity contribution in [3.05, 3.63) is 64.2 Å². The summed E-state index contributed by atoms with van der Waals surface area (Å²) >= 11 is 6.33. The molecule has 0 fully saturated rings. The summed E-state index contributed by atoms with van der Waals surface area (Å²) in [7, 11) is -3.78. The fourth-order valence-corrected chi connectivity index (χ4v) is 4.54. The van der Waals surface area contributed by atoms with Crippen LogP contribution in [0.3, 0.4) is 0 Å². The van der Waals surface area contributed by atoms with Crippen molar-refractivity contribution >= 4 is 39.1 Å². The largest absolute Gasteiger partial charge is 0.352 e. The summed E-state index contributed by atoms with van der Waals surface area (Å²) in [5, 5.41) is 3.36. The zero-order valence-corrected chi connectivity index (χ0v) is 22.2. The summed E-state index contributed by atoms with van der Waals surface area (Å²) < 4.78 is 26.5. The van der Waals surface area contributed by atoms with E-state index in [4.69, 9.17) is 11.6 Å². The van der Waals surface area contributed by atoms with Crippen molar-refractivity contribution in [1.82, 2.24) is 10.2 Å². The molecule has 1 N–H and O–H groups in total. The van der Waals surface area contributed by atoms with Crippen LogP contribution >= 0.6 is 11.6 Å². The minimum atomic E-state index is -3.78. The molecule has 2 aromatic carbocycles. The second-order valence-corrected chi connectivity index (χ2v) is 11.0. The van der Waals surface area contributed by atoms with E-state index in [0.717, 1.165) is 28.1 Å². The maximum absolute atomic E-state index is 13.6. The second-order valence-electron chi connectivity index (χ2n) is 8.67. The summed E-state index contributed by atoms with van der Waals surface area (Å²) in [6, 6.07) is 11.6. The minimum absolute atomic E-state index is 0.0605. The van der Waals surface area contributed by atoms with Crippen molar-refractivity contribution in [3.63, 3.8) is 0 Å². The Morgan fingerprint density at radius 2 is 1.74 bits per heavy atom. The number of hydrogen-bond donors (Lipinski definition) is 1. The third kappa shape index (κ3) is 7.21. The summed E-state index contributed by atoms with van der Waals surface area (Å²) in [5.74, 6) is -0.814. The first kappa shape index (κ1) is 27.7. The summed E-state index contributed by atoms with van der Waals surface area (Å²) in [6.45, 7) is 8.76. The van der Waals surface area contributed by atoms with Crippen molar-refractivity contribution in [2.24, 2.45) is 0 Å². The molecule has 0 spiro atoms. The molecule has 2 rings (SSSR count). The molecule has 0 radical (unpaired) electrons. The van der Waals surface area contributed by atoms with Gasteiger partial charge in [0.15, 0.2) is 0 Å². The molecule has 7 nitrogen and oxygen atoms in total. The smallest absolute Gasteiger partial charge is 0.244 e. The van der Waals surface area contributed by atoms with Gasteiger partial charge in [-0.25, -0.2) is 8.42 Å². The molecule has 2 atom stereocenters. The first-order chi connectivity index (χ1) is 15.8. The third-order valence-electron chi connectivity index (χ3n) is 5.78. The zero-order chi connectivity index (χ0) is 25.6. The van der Waals surface area contributed by atoms with Gasteiger partial charge in [0.1, 0.15) is 12.6 Å². The molecule has 9 heteroatoms. The minimum Gasteiger partial charge on any atom is -0.352 e. The van der Waals surface area contributed by atoms with Gasteiger partial charge in [-0.1, -0.05) is 48.9 Å². The van der Waals surface area contributed by atoms with Crippen LogP contribution in [0.25, 0.3) is 0 Å². The van der Waals surface area contributed by atoms with Gasteiger partial charge in [-0.2, -0.15) is 0 Å². The first-order valence-corrected chi connectivity index (χ1v) is 13.5. The Bertz CT molecular complexity index is 1140. The van der Waals surface area contributed by atoms with Crippen molar-refractivity contribution < 1.29 is 18.0 Å². The van der Waals surface area contributed by atoms with E-state index in [1.165, 1.54) is 4.90 Å². The molecule has 0 aliphatic carbocycles. The first-order valence-electron chi connectivity index (χ1n) is 11.2. The normalized spacial score (nSPS) is 13.1. The predicted molar refractivity (Wildman–Crippen MR) is 137 cm³/mol. The maximum Gasteiger partial charge on any atom is 0.244 e. The number of amides is 2. The molecular weight excluding hydrogens is 474 g/mol. The molecule has 0 heterocycles. The van der Waals surface area contributed by atoms with Gasteiger partial charge >= 0.3 is 0 Å². The van der Waals surface area contributed by atoms with Crippen LogP contribution in [0.5, 0.6) is 0 Å². The van der Waals surface area contributed by atoms with E-state index >= 15 is 0 Å². The summed E-state index contributed by atoms with van der Waals surface area (Å²) in [6.07, 6.45) is 1.81. The van der Waals surface area contributed by atoms with Crippen LogP contribution in [0, 0.1) is 13.8 Å². The predicted octanol–water partition coefficient (Wildman–Crippen LogP) is 4.05. The van der Waals surface area contributed by atoms with Crippen molar-refractivity contribution in [1.29, 1.82) is 0 Å². The number of benzene rings is 2. The number of rotatable bonds is 10. The number of anilines is 1. The van der Waals surface area contributed by atoms with E-state index in [2.05, 4.69) is 5.32 Å². The number of hydrogen-bond acceptors (Lipinski definition) is 4. The van der Waals surface area contributed by atoms with Crippen LogP contribution < -0.4 is 9.62 Å². The van der Waals surface area contributed by atoms with E-state index in [9.17, 15) is 18.0 Å². The fraction of sp³-hybridized carbons (Fsp3) is 0.440. The average Bonchev–Trinajstić information content (AvgIpc) is 2.77. The number of aryl methyl sites for hydroxylation is 2. The molecule has 0 aliphatic rings. The molecule has 2 aromatic rings. The van der Waals surface area contributed by atoms with Crippen LogP contribution in [0.2, 0.25) is 5.02 Å². The van der Waals surface area contributed by atoms with Crippen LogP contribution in [0.1, 0.15) is 43.9 Å². The van der Waals surface area contributed by atoms with Gasteiger partial charge in [0.2, 0.25) is 21.8 Å². The van der Waals surface area contributed by atoms with Crippen LogP contribution in [-0.2, 0) is 26.2 Å². The topological polar surface area (TPSA) is 86.8 Å². The Morgan fingerprint density at radius 3 is 2.32 bits per heavy atom. The summed E-state index contributed by atoms with van der Waals surface area (Å²) in [4.78, 5) is 27.9. The highest BCUT2D eigenvalue weighted by atomic mass is 35.5. The number of carbonyl (C=O) groups is 2. The van der Waals surface area contributed by atoms with E-state index in [-0.39, 0.29) is 18.5 Å². The van der Waals surface area contributed by atoms with E-state index in [1.54, 1.807) is 44.2 Å². The Balaban J connectivity index is 2.45. The molecular formula is C25H34ClN3O4S. The molecule has 0 aromatic heterocycles. The van der Waals surface area contributed by atoms with E-state index in [0.29, 0.717) is 16.3 Å². The number of sulfonamides is 1. The number of carbonyl (C=O) groups excluding carboxylic acids is 2. The molecule has 0 saturated carbocycles. The Morgan fingerprint density at radius 1 is 1.09 bits per heavy atom. The van der Waals surface area contributed by atoms with E-state index < -0.39 is 28.5 Å². The highest BCUT2D eigenvalue weighted by Crippen LogP contribution is 2.25. The number of nitrogens with one attached hydrogen (secondary N) is 1.